The van der Waals surface area contributed by atoms with Crippen molar-refractivity contribution in [2.75, 3.05) is 20.2 Å². The van der Waals surface area contributed by atoms with Gasteiger partial charge in [0.1, 0.15) is 5.75 Å². The van der Waals surface area contributed by atoms with Gasteiger partial charge in [0.2, 0.25) is 5.91 Å². The Labute approximate surface area is 126 Å². The van der Waals surface area contributed by atoms with E-state index in [-0.39, 0.29) is 17.9 Å². The fourth-order valence-corrected chi connectivity index (χ4v) is 2.89. The van der Waals surface area contributed by atoms with Gasteiger partial charge < -0.3 is 14.7 Å². The molecule has 1 aliphatic heterocycles. The number of aryl methyl sites for hydroxylation is 1. The topological polar surface area (TPSA) is 49.8 Å². The molecule has 2 rings (SSSR count). The molecule has 0 radical (unpaired) electrons. The highest BCUT2D eigenvalue weighted by molar-refractivity contribution is 5.79. The Morgan fingerprint density at radius 2 is 2.29 bits per heavy atom. The molecule has 0 spiro atoms. The zero-order chi connectivity index (χ0) is 15.4. The molecule has 1 amide bonds. The number of rotatable bonds is 4. The molecular weight excluding hydrogens is 266 g/mol. The minimum atomic E-state index is -0.347. The van der Waals surface area contributed by atoms with Gasteiger partial charge in [-0.25, -0.2) is 0 Å². The van der Waals surface area contributed by atoms with Gasteiger partial charge in [-0.05, 0) is 43.9 Å². The molecule has 2 atom stereocenters. The lowest BCUT2D eigenvalue weighted by atomic mass is 9.93. The first-order chi connectivity index (χ1) is 10.0. The molecule has 4 heteroatoms. The minimum absolute atomic E-state index is 0.131. The Hall–Kier alpha value is -1.55. The van der Waals surface area contributed by atoms with Crippen molar-refractivity contribution in [3.63, 3.8) is 0 Å². The van der Waals surface area contributed by atoms with Crippen LogP contribution >= 0.6 is 0 Å². The van der Waals surface area contributed by atoms with Crippen molar-refractivity contribution < 1.29 is 14.6 Å². The molecule has 1 heterocycles. The molecule has 4 nitrogen and oxygen atoms in total. The maximum atomic E-state index is 12.4. The highest BCUT2D eigenvalue weighted by Gasteiger charge is 2.26. The Morgan fingerprint density at radius 1 is 1.52 bits per heavy atom. The van der Waals surface area contributed by atoms with Crippen molar-refractivity contribution in [3.8, 4) is 5.75 Å². The highest BCUT2D eigenvalue weighted by atomic mass is 16.5. The van der Waals surface area contributed by atoms with E-state index in [9.17, 15) is 9.90 Å². The minimum Gasteiger partial charge on any atom is -0.496 e. The van der Waals surface area contributed by atoms with Crippen molar-refractivity contribution in [1.29, 1.82) is 0 Å². The molecule has 1 N–H and O–H groups in total. The Kier molecular flexibility index (Phi) is 5.23. The maximum Gasteiger partial charge on any atom is 0.227 e. The quantitative estimate of drug-likeness (QED) is 0.925. The van der Waals surface area contributed by atoms with Crippen molar-refractivity contribution in [1.82, 2.24) is 4.90 Å². The van der Waals surface area contributed by atoms with Gasteiger partial charge in [-0.1, -0.05) is 12.1 Å². The van der Waals surface area contributed by atoms with Crippen LogP contribution in [0.25, 0.3) is 0 Å². The van der Waals surface area contributed by atoms with Crippen LogP contribution in [0.5, 0.6) is 5.75 Å². The molecule has 1 saturated heterocycles. The van der Waals surface area contributed by atoms with Crippen LogP contribution in [0.2, 0.25) is 0 Å². The summed E-state index contributed by atoms with van der Waals surface area (Å²) in [5.41, 5.74) is 2.04. The number of benzene rings is 1. The van der Waals surface area contributed by atoms with Crippen LogP contribution in [-0.2, 0) is 11.2 Å². The van der Waals surface area contributed by atoms with Crippen LogP contribution in [0, 0.1) is 12.8 Å². The van der Waals surface area contributed by atoms with E-state index in [1.165, 1.54) is 0 Å². The fraction of sp³-hybridized carbons (Fsp3) is 0.588. The van der Waals surface area contributed by atoms with Gasteiger partial charge in [0.25, 0.3) is 0 Å². The van der Waals surface area contributed by atoms with Gasteiger partial charge in [0.15, 0.2) is 0 Å². The third-order valence-corrected chi connectivity index (χ3v) is 4.32. The van der Waals surface area contributed by atoms with Gasteiger partial charge in [0.05, 0.1) is 19.6 Å². The molecule has 0 bridgehead atoms. The molecule has 2 unspecified atom stereocenters. The van der Waals surface area contributed by atoms with E-state index in [0.29, 0.717) is 13.0 Å². The molecule has 0 aliphatic carbocycles. The van der Waals surface area contributed by atoms with Gasteiger partial charge in [-0.2, -0.15) is 0 Å². The van der Waals surface area contributed by atoms with E-state index in [0.717, 1.165) is 36.3 Å². The Balaban J connectivity index is 2.00. The number of aliphatic hydroxyl groups excluding tert-OH is 1. The number of carbonyl (C=O) groups excluding carboxylic acids is 1. The summed E-state index contributed by atoms with van der Waals surface area (Å²) < 4.78 is 5.30. The molecule has 1 fully saturated rings. The third-order valence-electron chi connectivity index (χ3n) is 4.32. The summed E-state index contributed by atoms with van der Waals surface area (Å²) in [6.45, 7) is 5.26. The second-order valence-corrected chi connectivity index (χ2v) is 5.96. The molecule has 1 aromatic rings. The number of aliphatic hydroxyl groups is 1. The molecule has 0 saturated carbocycles. The normalized spacial score (nSPS) is 20.2. The number of likely N-dealkylation sites (tertiary alicyclic amines) is 1. The van der Waals surface area contributed by atoms with E-state index < -0.39 is 0 Å². The van der Waals surface area contributed by atoms with Crippen molar-refractivity contribution in [2.24, 2.45) is 5.92 Å². The van der Waals surface area contributed by atoms with Crippen LogP contribution in [-0.4, -0.2) is 42.2 Å². The van der Waals surface area contributed by atoms with E-state index in [2.05, 4.69) is 0 Å². The van der Waals surface area contributed by atoms with Gasteiger partial charge >= 0.3 is 0 Å². The fourth-order valence-electron chi connectivity index (χ4n) is 2.89. The lowest BCUT2D eigenvalue weighted by Crippen LogP contribution is -2.43. The summed E-state index contributed by atoms with van der Waals surface area (Å²) in [7, 11) is 1.64. The van der Waals surface area contributed by atoms with Crippen molar-refractivity contribution in [2.45, 2.75) is 39.2 Å². The summed E-state index contributed by atoms with van der Waals surface area (Å²) in [6.07, 6.45) is 2.02. The number of ether oxygens (including phenoxy) is 1. The lowest BCUT2D eigenvalue weighted by Gasteiger charge is -2.34. The summed E-state index contributed by atoms with van der Waals surface area (Å²) in [4.78, 5) is 14.3. The van der Waals surface area contributed by atoms with E-state index >= 15 is 0 Å². The predicted molar refractivity (Wildman–Crippen MR) is 82.4 cm³/mol. The van der Waals surface area contributed by atoms with Crippen LogP contribution in [0.1, 0.15) is 30.9 Å². The number of hydrogen-bond donors (Lipinski definition) is 1. The summed E-state index contributed by atoms with van der Waals surface area (Å²) in [6, 6.07) is 5.89. The van der Waals surface area contributed by atoms with Gasteiger partial charge in [0, 0.05) is 19.0 Å². The third kappa shape index (κ3) is 3.97. The van der Waals surface area contributed by atoms with Crippen molar-refractivity contribution in [3.05, 3.63) is 29.3 Å². The molecule has 116 valence electrons. The number of nitrogens with zero attached hydrogens (tertiary/aromatic N) is 1. The molecule has 1 aromatic carbocycles. The van der Waals surface area contributed by atoms with Crippen LogP contribution in [0.3, 0.4) is 0 Å². The number of piperidine rings is 1. The molecule has 21 heavy (non-hydrogen) atoms. The zero-order valence-corrected chi connectivity index (χ0v) is 13.1. The average Bonchev–Trinajstić information content (AvgIpc) is 2.49. The molecule has 0 aromatic heterocycles. The standard InChI is InChI=1S/C17H25NO3/c1-12-6-7-14(9-16(12)21-3)10-17(20)18-8-4-5-15(11-18)13(2)19/h6-7,9,13,15,19H,4-5,8,10-11H2,1-3H3. The lowest BCUT2D eigenvalue weighted by molar-refractivity contribution is -0.133. The van der Waals surface area contributed by atoms with Crippen LogP contribution < -0.4 is 4.74 Å². The maximum absolute atomic E-state index is 12.4. The summed E-state index contributed by atoms with van der Waals surface area (Å²) in [5.74, 6) is 1.15. The summed E-state index contributed by atoms with van der Waals surface area (Å²) >= 11 is 0. The zero-order valence-electron chi connectivity index (χ0n) is 13.1. The van der Waals surface area contributed by atoms with Crippen LogP contribution in [0.4, 0.5) is 0 Å². The largest absolute Gasteiger partial charge is 0.496 e. The number of methoxy groups -OCH3 is 1. The molecular formula is C17H25NO3. The first-order valence-electron chi connectivity index (χ1n) is 7.60. The first-order valence-corrected chi connectivity index (χ1v) is 7.60. The number of carbonyl (C=O) groups is 1. The van der Waals surface area contributed by atoms with Crippen molar-refractivity contribution >= 4 is 5.91 Å². The SMILES string of the molecule is COc1cc(CC(=O)N2CCCC(C(C)O)C2)ccc1C. The second-order valence-electron chi connectivity index (χ2n) is 5.96. The number of amides is 1. The smallest absolute Gasteiger partial charge is 0.227 e. The Morgan fingerprint density at radius 3 is 2.95 bits per heavy atom. The van der Waals surface area contributed by atoms with E-state index in [4.69, 9.17) is 4.74 Å². The van der Waals surface area contributed by atoms with E-state index in [1.54, 1.807) is 7.11 Å². The predicted octanol–water partition coefficient (Wildman–Crippen LogP) is 2.17. The van der Waals surface area contributed by atoms with E-state index in [1.807, 2.05) is 36.9 Å². The Bertz CT molecular complexity index is 499. The van der Waals surface area contributed by atoms with Crippen LogP contribution in [0.15, 0.2) is 18.2 Å². The van der Waals surface area contributed by atoms with Gasteiger partial charge in [-0.3, -0.25) is 4.79 Å². The van der Waals surface area contributed by atoms with Gasteiger partial charge in [-0.15, -0.1) is 0 Å². The highest BCUT2D eigenvalue weighted by Crippen LogP contribution is 2.22. The summed E-state index contributed by atoms with van der Waals surface area (Å²) in [5, 5.41) is 9.71. The molecule has 1 aliphatic rings. The number of hydrogen-bond acceptors (Lipinski definition) is 3. The average molecular weight is 291 g/mol. The first kappa shape index (κ1) is 15.8. The monoisotopic (exact) mass is 291 g/mol. The second kappa shape index (κ2) is 6.94.